The van der Waals surface area contributed by atoms with Gasteiger partial charge >= 0.3 is 0 Å². The average Bonchev–Trinajstić information content (AvgIpc) is 1.88. The van der Waals surface area contributed by atoms with Gasteiger partial charge in [0, 0.05) is 5.57 Å². The molecule has 0 bridgehead atoms. The third-order valence-corrected chi connectivity index (χ3v) is 0.942. The van der Waals surface area contributed by atoms with Crippen LogP contribution in [0.25, 0.3) is 0 Å². The highest BCUT2D eigenvalue weighted by Gasteiger charge is 1.93. The van der Waals surface area contributed by atoms with Crippen LogP contribution < -0.4 is 5.73 Å². The molecule has 1 amide bonds. The summed E-state index contributed by atoms with van der Waals surface area (Å²) in [4.78, 5) is 23.0. The molecular weight excluding hydrogens is 132 g/mol. The molecule has 0 aromatic heterocycles. The van der Waals surface area contributed by atoms with Gasteiger partial charge in [-0.3, -0.25) is 4.79 Å². The van der Waals surface area contributed by atoms with E-state index >= 15 is 0 Å². The number of hydrogen-bond donors (Lipinski definition) is 1. The highest BCUT2D eigenvalue weighted by molar-refractivity contribution is 5.91. The second kappa shape index (κ2) is 4.47. The van der Waals surface area contributed by atoms with Crippen molar-refractivity contribution >= 4 is 12.0 Å². The fourth-order valence-corrected chi connectivity index (χ4v) is 0.320. The summed E-state index contributed by atoms with van der Waals surface area (Å²) in [6.45, 7) is 1.72. The Labute approximate surface area is 58.4 Å². The zero-order chi connectivity index (χ0) is 7.98. The zero-order valence-electron chi connectivity index (χ0n) is 5.63. The minimum atomic E-state index is -0.499. The van der Waals surface area contributed by atoms with Crippen molar-refractivity contribution in [2.45, 2.75) is 6.92 Å². The van der Waals surface area contributed by atoms with Gasteiger partial charge in [0.25, 0.3) is 0 Å². The van der Waals surface area contributed by atoms with Gasteiger partial charge < -0.3 is 5.73 Å². The molecule has 10 heavy (non-hydrogen) atoms. The molecule has 0 saturated carbocycles. The summed E-state index contributed by atoms with van der Waals surface area (Å²) >= 11 is 0. The Hall–Kier alpha value is -1.41. The van der Waals surface area contributed by atoms with E-state index in [-0.39, 0.29) is 6.54 Å². The quantitative estimate of drug-likeness (QED) is 0.333. The Morgan fingerprint density at radius 1 is 1.80 bits per heavy atom. The maximum Gasteiger partial charge on any atom is 0.244 e. The third kappa shape index (κ3) is 3.57. The third-order valence-electron chi connectivity index (χ3n) is 0.942. The van der Waals surface area contributed by atoms with E-state index in [0.29, 0.717) is 5.57 Å². The molecule has 0 unspecified atom stereocenters. The number of nitrogens with two attached hydrogens (primary N) is 1. The Morgan fingerprint density at radius 2 is 2.40 bits per heavy atom. The molecule has 0 spiro atoms. The van der Waals surface area contributed by atoms with Crippen LogP contribution in [0.3, 0.4) is 0 Å². The lowest BCUT2D eigenvalue weighted by Gasteiger charge is -1.88. The van der Waals surface area contributed by atoms with Crippen LogP contribution in [0.2, 0.25) is 0 Å². The fraction of sp³-hybridized carbons (Fsp3) is 0.333. The molecule has 0 fully saturated rings. The number of isocyanates is 1. The van der Waals surface area contributed by atoms with Crippen LogP contribution in [0.5, 0.6) is 0 Å². The van der Waals surface area contributed by atoms with E-state index < -0.39 is 5.91 Å². The highest BCUT2D eigenvalue weighted by atomic mass is 16.1. The largest absolute Gasteiger partial charge is 0.366 e. The number of aliphatic imine (C=N–C) groups is 1. The standard InChI is InChI=1S/C6H8N2O2/c1-5(6(7)10)2-3-8-4-9/h2H,3H2,1H3,(H2,7,10)/b5-2+. The number of nitrogens with zero attached hydrogens (tertiary/aromatic N) is 1. The molecule has 0 aliphatic heterocycles. The van der Waals surface area contributed by atoms with Crippen molar-refractivity contribution in [3.05, 3.63) is 11.6 Å². The summed E-state index contributed by atoms with van der Waals surface area (Å²) < 4.78 is 0. The monoisotopic (exact) mass is 140 g/mol. The predicted octanol–water partition coefficient (Wildman–Crippen LogP) is -0.246. The van der Waals surface area contributed by atoms with E-state index in [0.717, 1.165) is 0 Å². The smallest absolute Gasteiger partial charge is 0.244 e. The average molecular weight is 140 g/mol. The maximum absolute atomic E-state index is 10.3. The summed E-state index contributed by atoms with van der Waals surface area (Å²) in [6, 6.07) is 0. The van der Waals surface area contributed by atoms with Gasteiger partial charge in [0.15, 0.2) is 0 Å². The van der Waals surface area contributed by atoms with Crippen LogP contribution in [0.4, 0.5) is 0 Å². The molecule has 0 aliphatic rings. The number of carbonyl (C=O) groups is 1. The van der Waals surface area contributed by atoms with E-state index in [1.807, 2.05) is 0 Å². The molecular formula is C6H8N2O2. The van der Waals surface area contributed by atoms with Gasteiger partial charge in [0.2, 0.25) is 12.0 Å². The normalized spacial score (nSPS) is 10.3. The van der Waals surface area contributed by atoms with Crippen molar-refractivity contribution in [3.63, 3.8) is 0 Å². The van der Waals surface area contributed by atoms with Crippen molar-refractivity contribution in [2.24, 2.45) is 10.7 Å². The maximum atomic E-state index is 10.3. The fourth-order valence-electron chi connectivity index (χ4n) is 0.320. The Kier molecular flexibility index (Phi) is 3.84. The summed E-state index contributed by atoms with van der Waals surface area (Å²) in [7, 11) is 0. The molecule has 0 aromatic carbocycles. The molecule has 0 rings (SSSR count). The number of amides is 1. The highest BCUT2D eigenvalue weighted by Crippen LogP contribution is 1.88. The van der Waals surface area contributed by atoms with Gasteiger partial charge in [-0.05, 0) is 6.92 Å². The molecule has 2 N–H and O–H groups in total. The first kappa shape index (κ1) is 8.59. The van der Waals surface area contributed by atoms with Crippen LogP contribution in [0, 0.1) is 0 Å². The summed E-state index contributed by atoms with van der Waals surface area (Å²) in [5.74, 6) is -0.499. The van der Waals surface area contributed by atoms with Crippen molar-refractivity contribution < 1.29 is 9.59 Å². The van der Waals surface area contributed by atoms with E-state index in [9.17, 15) is 9.59 Å². The number of primary amides is 1. The SMILES string of the molecule is C/C(=C\CN=C=O)C(N)=O. The molecule has 0 atom stereocenters. The summed E-state index contributed by atoms with van der Waals surface area (Å²) in [5.41, 5.74) is 5.27. The predicted molar refractivity (Wildman–Crippen MR) is 35.9 cm³/mol. The van der Waals surface area contributed by atoms with Gasteiger partial charge in [-0.15, -0.1) is 0 Å². The summed E-state index contributed by atoms with van der Waals surface area (Å²) in [5, 5.41) is 0. The second-order valence-corrected chi connectivity index (χ2v) is 1.68. The Morgan fingerprint density at radius 3 is 2.80 bits per heavy atom. The van der Waals surface area contributed by atoms with Crippen molar-refractivity contribution in [2.75, 3.05) is 6.54 Å². The topological polar surface area (TPSA) is 72.5 Å². The lowest BCUT2D eigenvalue weighted by molar-refractivity contribution is -0.114. The number of carbonyl (C=O) groups excluding carboxylic acids is 2. The first-order chi connectivity index (χ1) is 4.68. The molecule has 54 valence electrons. The van der Waals surface area contributed by atoms with Crippen LogP contribution in [-0.2, 0) is 9.59 Å². The summed E-state index contributed by atoms with van der Waals surface area (Å²) in [6.07, 6.45) is 2.81. The molecule has 4 nitrogen and oxygen atoms in total. The Bertz CT molecular complexity index is 202. The molecule has 0 radical (unpaired) electrons. The number of hydrogen-bond acceptors (Lipinski definition) is 3. The van der Waals surface area contributed by atoms with E-state index in [1.54, 1.807) is 6.92 Å². The van der Waals surface area contributed by atoms with Crippen molar-refractivity contribution in [1.29, 1.82) is 0 Å². The first-order valence-electron chi connectivity index (χ1n) is 2.68. The molecule has 0 saturated heterocycles. The van der Waals surface area contributed by atoms with Crippen LogP contribution >= 0.6 is 0 Å². The molecule has 4 heteroatoms. The number of rotatable bonds is 3. The first-order valence-corrected chi connectivity index (χ1v) is 2.68. The van der Waals surface area contributed by atoms with E-state index in [4.69, 9.17) is 5.73 Å². The van der Waals surface area contributed by atoms with Gasteiger partial charge in [0.1, 0.15) is 0 Å². The van der Waals surface area contributed by atoms with Crippen LogP contribution in [0.1, 0.15) is 6.92 Å². The van der Waals surface area contributed by atoms with Gasteiger partial charge in [-0.2, -0.15) is 0 Å². The Balaban J connectivity index is 3.92. The second-order valence-electron chi connectivity index (χ2n) is 1.68. The van der Waals surface area contributed by atoms with Crippen molar-refractivity contribution in [1.82, 2.24) is 0 Å². The van der Waals surface area contributed by atoms with E-state index in [1.165, 1.54) is 12.2 Å². The molecule has 0 aliphatic carbocycles. The minimum Gasteiger partial charge on any atom is -0.366 e. The van der Waals surface area contributed by atoms with Crippen molar-refractivity contribution in [3.8, 4) is 0 Å². The van der Waals surface area contributed by atoms with Crippen LogP contribution in [0.15, 0.2) is 16.6 Å². The van der Waals surface area contributed by atoms with Crippen LogP contribution in [-0.4, -0.2) is 18.5 Å². The van der Waals surface area contributed by atoms with Gasteiger partial charge in [-0.25, -0.2) is 9.79 Å². The lowest BCUT2D eigenvalue weighted by Crippen LogP contribution is -2.11. The molecule has 0 aromatic rings. The van der Waals surface area contributed by atoms with Gasteiger partial charge in [0.05, 0.1) is 6.54 Å². The lowest BCUT2D eigenvalue weighted by atomic mass is 10.3. The van der Waals surface area contributed by atoms with Gasteiger partial charge in [-0.1, -0.05) is 6.08 Å². The minimum absolute atomic E-state index is 0.165. The van der Waals surface area contributed by atoms with E-state index in [2.05, 4.69) is 4.99 Å². The zero-order valence-corrected chi connectivity index (χ0v) is 5.63. The molecule has 0 heterocycles.